The van der Waals surface area contributed by atoms with Gasteiger partial charge >= 0.3 is 0 Å². The van der Waals surface area contributed by atoms with Gasteiger partial charge in [0.15, 0.2) is 0 Å². The normalized spacial score (nSPS) is 18.9. The zero-order valence-electron chi connectivity index (χ0n) is 12.9. The lowest BCUT2D eigenvalue weighted by Gasteiger charge is -2.43. The van der Waals surface area contributed by atoms with Crippen LogP contribution in [0.25, 0.3) is 0 Å². The molecule has 2 rings (SSSR count). The number of rotatable bonds is 3. The second kappa shape index (κ2) is 6.46. The van der Waals surface area contributed by atoms with E-state index in [9.17, 15) is 0 Å². The summed E-state index contributed by atoms with van der Waals surface area (Å²) in [4.78, 5) is 2.57. The summed E-state index contributed by atoms with van der Waals surface area (Å²) < 4.78 is 6.71. The summed E-state index contributed by atoms with van der Waals surface area (Å²) >= 11 is 3.60. The predicted molar refractivity (Wildman–Crippen MR) is 87.3 cm³/mol. The molecule has 0 saturated carbocycles. The molecule has 0 unspecified atom stereocenters. The van der Waals surface area contributed by atoms with E-state index < -0.39 is 0 Å². The molecule has 0 bridgehead atoms. The molecule has 1 aliphatic rings. The highest BCUT2D eigenvalue weighted by Gasteiger charge is 2.34. The van der Waals surface area contributed by atoms with Gasteiger partial charge in [0.1, 0.15) is 5.75 Å². The van der Waals surface area contributed by atoms with Crippen molar-refractivity contribution in [1.82, 2.24) is 10.2 Å². The Morgan fingerprint density at radius 1 is 1.25 bits per heavy atom. The third-order valence-corrected chi connectivity index (χ3v) is 4.32. The minimum atomic E-state index is 0.158. The zero-order chi connectivity index (χ0) is 14.8. The number of nitrogens with one attached hydrogen (secondary N) is 1. The second-order valence-corrected chi connectivity index (χ2v) is 7.36. The van der Waals surface area contributed by atoms with Crippen LogP contribution in [0.2, 0.25) is 0 Å². The first-order valence-corrected chi connectivity index (χ1v) is 8.01. The van der Waals surface area contributed by atoms with E-state index in [-0.39, 0.29) is 5.41 Å². The largest absolute Gasteiger partial charge is 0.496 e. The quantitative estimate of drug-likeness (QED) is 0.911. The van der Waals surface area contributed by atoms with Crippen LogP contribution < -0.4 is 10.1 Å². The van der Waals surface area contributed by atoms with Crippen molar-refractivity contribution >= 4 is 15.9 Å². The fourth-order valence-corrected chi connectivity index (χ4v) is 3.45. The van der Waals surface area contributed by atoms with E-state index in [1.165, 1.54) is 5.56 Å². The molecule has 0 aliphatic carbocycles. The second-order valence-electron chi connectivity index (χ2n) is 6.44. The van der Waals surface area contributed by atoms with Crippen molar-refractivity contribution in [2.75, 3.05) is 33.3 Å². The standard InChI is InChI=1S/C16H25BrN2O/c1-16(2,3)15(19-9-7-18-8-10-19)13-11-12(17)5-6-14(13)20-4/h5-6,11,15,18H,7-10H2,1-4H3/t15-/m1/s1. The molecular formula is C16H25BrN2O. The molecular weight excluding hydrogens is 316 g/mol. The maximum absolute atomic E-state index is 5.60. The van der Waals surface area contributed by atoms with E-state index in [4.69, 9.17) is 4.74 Å². The molecule has 112 valence electrons. The molecule has 0 amide bonds. The molecule has 20 heavy (non-hydrogen) atoms. The molecule has 1 saturated heterocycles. The van der Waals surface area contributed by atoms with Crippen LogP contribution in [0.4, 0.5) is 0 Å². The summed E-state index contributed by atoms with van der Waals surface area (Å²) in [6.45, 7) is 11.2. The molecule has 0 aromatic heterocycles. The number of piperazine rings is 1. The van der Waals surface area contributed by atoms with Gasteiger partial charge in [-0.2, -0.15) is 0 Å². The topological polar surface area (TPSA) is 24.5 Å². The van der Waals surface area contributed by atoms with Crippen LogP contribution in [0, 0.1) is 5.41 Å². The Balaban J connectivity index is 2.43. The minimum Gasteiger partial charge on any atom is -0.496 e. The van der Waals surface area contributed by atoms with Crippen LogP contribution in [0.1, 0.15) is 32.4 Å². The van der Waals surface area contributed by atoms with Crippen molar-refractivity contribution in [2.45, 2.75) is 26.8 Å². The summed E-state index contributed by atoms with van der Waals surface area (Å²) in [5, 5.41) is 3.43. The molecule has 0 radical (unpaired) electrons. The lowest BCUT2D eigenvalue weighted by molar-refractivity contribution is 0.0841. The number of halogens is 1. The Bertz CT molecular complexity index is 450. The van der Waals surface area contributed by atoms with E-state index in [1.54, 1.807) is 7.11 Å². The fourth-order valence-electron chi connectivity index (χ4n) is 3.07. The summed E-state index contributed by atoms with van der Waals surface area (Å²) in [6, 6.07) is 6.66. The monoisotopic (exact) mass is 340 g/mol. The first-order valence-electron chi connectivity index (χ1n) is 7.21. The molecule has 1 N–H and O–H groups in total. The van der Waals surface area contributed by atoms with Crippen LogP contribution in [-0.2, 0) is 0 Å². The van der Waals surface area contributed by atoms with E-state index in [1.807, 2.05) is 6.07 Å². The number of hydrogen-bond acceptors (Lipinski definition) is 3. The van der Waals surface area contributed by atoms with Gasteiger partial charge in [-0.25, -0.2) is 0 Å². The predicted octanol–water partition coefficient (Wildman–Crippen LogP) is 3.45. The number of nitrogens with zero attached hydrogens (tertiary/aromatic N) is 1. The van der Waals surface area contributed by atoms with Gasteiger partial charge in [0.2, 0.25) is 0 Å². The van der Waals surface area contributed by atoms with Crippen molar-refractivity contribution in [1.29, 1.82) is 0 Å². The number of ether oxygens (including phenoxy) is 1. The Morgan fingerprint density at radius 2 is 1.90 bits per heavy atom. The van der Waals surface area contributed by atoms with E-state index in [2.05, 4.69) is 59.1 Å². The van der Waals surface area contributed by atoms with Gasteiger partial charge in [0.05, 0.1) is 7.11 Å². The maximum atomic E-state index is 5.60. The lowest BCUT2D eigenvalue weighted by Crippen LogP contribution is -2.48. The molecule has 1 aliphatic heterocycles. The van der Waals surface area contributed by atoms with Gasteiger partial charge < -0.3 is 10.1 Å². The van der Waals surface area contributed by atoms with Crippen molar-refractivity contribution < 1.29 is 4.74 Å². The van der Waals surface area contributed by atoms with Gasteiger partial charge in [-0.05, 0) is 23.6 Å². The fraction of sp³-hybridized carbons (Fsp3) is 0.625. The number of hydrogen-bond donors (Lipinski definition) is 1. The van der Waals surface area contributed by atoms with Crippen LogP contribution in [-0.4, -0.2) is 38.2 Å². The average molecular weight is 341 g/mol. The van der Waals surface area contributed by atoms with Gasteiger partial charge in [-0.1, -0.05) is 36.7 Å². The minimum absolute atomic E-state index is 0.158. The third-order valence-electron chi connectivity index (χ3n) is 3.82. The molecule has 1 atom stereocenters. The summed E-state index contributed by atoms with van der Waals surface area (Å²) in [5.74, 6) is 0.978. The molecule has 3 nitrogen and oxygen atoms in total. The summed E-state index contributed by atoms with van der Waals surface area (Å²) in [6.07, 6.45) is 0. The SMILES string of the molecule is COc1ccc(Br)cc1[C@@H](N1CCNCC1)C(C)(C)C. The van der Waals surface area contributed by atoms with E-state index in [0.29, 0.717) is 6.04 Å². The summed E-state index contributed by atoms with van der Waals surface area (Å²) in [7, 11) is 1.75. The van der Waals surface area contributed by atoms with E-state index >= 15 is 0 Å². The van der Waals surface area contributed by atoms with Crippen molar-refractivity contribution in [3.8, 4) is 5.75 Å². The zero-order valence-corrected chi connectivity index (χ0v) is 14.5. The average Bonchev–Trinajstić information content (AvgIpc) is 2.39. The maximum Gasteiger partial charge on any atom is 0.123 e. The first kappa shape index (κ1) is 15.8. The third kappa shape index (κ3) is 3.54. The van der Waals surface area contributed by atoms with Crippen LogP contribution in [0.3, 0.4) is 0 Å². The van der Waals surface area contributed by atoms with Crippen LogP contribution >= 0.6 is 15.9 Å². The molecule has 0 spiro atoms. The van der Waals surface area contributed by atoms with Crippen molar-refractivity contribution in [3.63, 3.8) is 0 Å². The Kier molecular flexibility index (Phi) is 5.10. The highest BCUT2D eigenvalue weighted by molar-refractivity contribution is 9.10. The highest BCUT2D eigenvalue weighted by atomic mass is 79.9. The summed E-state index contributed by atoms with van der Waals surface area (Å²) in [5.41, 5.74) is 1.43. The molecule has 4 heteroatoms. The van der Waals surface area contributed by atoms with E-state index in [0.717, 1.165) is 36.4 Å². The molecule has 1 aromatic carbocycles. The first-order chi connectivity index (χ1) is 9.43. The number of benzene rings is 1. The van der Waals surface area contributed by atoms with Gasteiger partial charge in [0.25, 0.3) is 0 Å². The van der Waals surface area contributed by atoms with Crippen LogP contribution in [0.5, 0.6) is 5.75 Å². The highest BCUT2D eigenvalue weighted by Crippen LogP contribution is 2.42. The Morgan fingerprint density at radius 3 is 2.45 bits per heavy atom. The Hall–Kier alpha value is -0.580. The molecule has 1 aromatic rings. The van der Waals surface area contributed by atoms with Gasteiger partial charge in [-0.15, -0.1) is 0 Å². The Labute approximate surface area is 130 Å². The smallest absolute Gasteiger partial charge is 0.123 e. The van der Waals surface area contributed by atoms with Crippen molar-refractivity contribution in [2.24, 2.45) is 5.41 Å². The number of methoxy groups -OCH3 is 1. The molecule has 1 fully saturated rings. The van der Waals surface area contributed by atoms with Gasteiger partial charge in [-0.3, -0.25) is 4.90 Å². The lowest BCUT2D eigenvalue weighted by atomic mass is 9.80. The molecule has 1 heterocycles. The van der Waals surface area contributed by atoms with Crippen LogP contribution in [0.15, 0.2) is 22.7 Å². The van der Waals surface area contributed by atoms with Crippen molar-refractivity contribution in [3.05, 3.63) is 28.2 Å². The van der Waals surface area contributed by atoms with Gasteiger partial charge in [0, 0.05) is 42.3 Å².